The van der Waals surface area contributed by atoms with Crippen molar-refractivity contribution in [1.29, 1.82) is 0 Å². The molecule has 0 unspecified atom stereocenters. The van der Waals surface area contributed by atoms with Gasteiger partial charge < -0.3 is 15.8 Å². The predicted molar refractivity (Wildman–Crippen MR) is 76.1 cm³/mol. The number of carbonyl (C=O) groups excluding carboxylic acids is 1. The van der Waals surface area contributed by atoms with Gasteiger partial charge in [0.2, 0.25) is 0 Å². The summed E-state index contributed by atoms with van der Waals surface area (Å²) in [6.45, 7) is 3.43. The Morgan fingerprint density at radius 2 is 2.16 bits per heavy atom. The zero-order valence-electron chi connectivity index (χ0n) is 11.7. The number of nitrogens with two attached hydrogens (primary N) is 1. The second kappa shape index (κ2) is 8.48. The summed E-state index contributed by atoms with van der Waals surface area (Å²) in [5.74, 6) is 0.306. The minimum atomic E-state index is -0.0875. The highest BCUT2D eigenvalue weighted by Crippen LogP contribution is 2.08. The topological polar surface area (TPSA) is 77.2 Å². The van der Waals surface area contributed by atoms with Crippen LogP contribution < -0.4 is 11.1 Å². The predicted octanol–water partition coefficient (Wildman–Crippen LogP) is 1.77. The maximum atomic E-state index is 11.9. The Morgan fingerprint density at radius 1 is 1.37 bits per heavy atom. The second-order valence-corrected chi connectivity index (χ2v) is 4.43. The lowest BCUT2D eigenvalue weighted by Gasteiger charge is -2.07. The van der Waals surface area contributed by atoms with Crippen LogP contribution in [0.15, 0.2) is 12.1 Å². The van der Waals surface area contributed by atoms with Gasteiger partial charge in [0.05, 0.1) is 0 Å². The van der Waals surface area contributed by atoms with Gasteiger partial charge in [-0.1, -0.05) is 6.92 Å². The lowest BCUT2D eigenvalue weighted by Crippen LogP contribution is -2.25. The molecule has 5 heteroatoms. The van der Waals surface area contributed by atoms with Crippen molar-refractivity contribution in [3.8, 4) is 0 Å². The minimum Gasteiger partial charge on any atom is -0.385 e. The van der Waals surface area contributed by atoms with Crippen LogP contribution in [-0.4, -0.2) is 31.2 Å². The highest BCUT2D eigenvalue weighted by atomic mass is 16.5. The molecule has 0 aliphatic rings. The van der Waals surface area contributed by atoms with Crippen molar-refractivity contribution in [3.05, 3.63) is 23.4 Å². The molecule has 1 heterocycles. The molecule has 0 radical (unpaired) electrons. The number of pyridine rings is 1. The third-order valence-electron chi connectivity index (χ3n) is 2.83. The maximum Gasteiger partial charge on any atom is 0.251 e. The molecule has 1 aromatic heterocycles. The van der Waals surface area contributed by atoms with Gasteiger partial charge in [0, 0.05) is 31.5 Å². The highest BCUT2D eigenvalue weighted by molar-refractivity contribution is 5.94. The van der Waals surface area contributed by atoms with Crippen LogP contribution in [0.3, 0.4) is 0 Å². The summed E-state index contributed by atoms with van der Waals surface area (Å²) in [7, 11) is 1.70. The van der Waals surface area contributed by atoms with E-state index in [0.29, 0.717) is 17.9 Å². The first-order valence-electron chi connectivity index (χ1n) is 6.71. The monoisotopic (exact) mass is 265 g/mol. The van der Waals surface area contributed by atoms with E-state index in [1.54, 1.807) is 19.2 Å². The number of ether oxygens (including phenoxy) is 1. The Labute approximate surface area is 114 Å². The number of carbonyl (C=O) groups is 1. The molecule has 3 N–H and O–H groups in total. The Morgan fingerprint density at radius 3 is 2.84 bits per heavy atom. The molecular weight excluding hydrogens is 242 g/mol. The molecule has 1 amide bonds. The number of unbranched alkanes of at least 4 members (excludes halogenated alkanes) is 2. The Bertz CT molecular complexity index is 408. The number of nitrogen functional groups attached to an aromatic ring is 1. The molecule has 0 aliphatic carbocycles. The summed E-state index contributed by atoms with van der Waals surface area (Å²) >= 11 is 0. The van der Waals surface area contributed by atoms with Crippen LogP contribution in [0, 0.1) is 0 Å². The van der Waals surface area contributed by atoms with E-state index in [2.05, 4.69) is 10.3 Å². The van der Waals surface area contributed by atoms with E-state index >= 15 is 0 Å². The number of aryl methyl sites for hydroxylation is 1. The first-order valence-corrected chi connectivity index (χ1v) is 6.71. The molecule has 0 saturated carbocycles. The molecule has 0 spiro atoms. The largest absolute Gasteiger partial charge is 0.385 e. The number of hydrogen-bond donors (Lipinski definition) is 2. The number of aromatic nitrogens is 1. The zero-order chi connectivity index (χ0) is 14.1. The van der Waals surface area contributed by atoms with E-state index in [1.165, 1.54) is 0 Å². The van der Waals surface area contributed by atoms with Crippen LogP contribution in [0.25, 0.3) is 0 Å². The van der Waals surface area contributed by atoms with Crippen molar-refractivity contribution in [1.82, 2.24) is 10.3 Å². The molecular formula is C14H23N3O2. The average Bonchev–Trinajstić information content (AvgIpc) is 2.41. The van der Waals surface area contributed by atoms with Crippen LogP contribution in [0.4, 0.5) is 5.82 Å². The van der Waals surface area contributed by atoms with Crippen molar-refractivity contribution < 1.29 is 9.53 Å². The van der Waals surface area contributed by atoms with Crippen LogP contribution in [0.1, 0.15) is 42.2 Å². The lowest BCUT2D eigenvalue weighted by atomic mass is 10.1. The fourth-order valence-electron chi connectivity index (χ4n) is 1.78. The fourth-order valence-corrected chi connectivity index (χ4v) is 1.78. The normalized spacial score (nSPS) is 10.4. The summed E-state index contributed by atoms with van der Waals surface area (Å²) in [6, 6.07) is 3.40. The van der Waals surface area contributed by atoms with Gasteiger partial charge in [0.1, 0.15) is 5.82 Å². The van der Waals surface area contributed by atoms with E-state index in [1.807, 2.05) is 6.92 Å². The molecule has 0 saturated heterocycles. The van der Waals surface area contributed by atoms with Crippen molar-refractivity contribution in [2.45, 2.75) is 32.6 Å². The van der Waals surface area contributed by atoms with Crippen LogP contribution in [0.5, 0.6) is 0 Å². The molecule has 0 aromatic carbocycles. The second-order valence-electron chi connectivity index (χ2n) is 4.43. The van der Waals surface area contributed by atoms with Crippen LogP contribution in [0.2, 0.25) is 0 Å². The molecule has 0 bridgehead atoms. The number of methoxy groups -OCH3 is 1. The molecule has 0 fully saturated rings. The number of rotatable bonds is 8. The molecule has 19 heavy (non-hydrogen) atoms. The first kappa shape index (κ1) is 15.4. The standard InChI is InChI=1S/C14H23N3O2/c1-3-12-9-11(10-13(15)17-12)14(18)16-7-5-4-6-8-19-2/h9-10H,3-8H2,1-2H3,(H2,15,17)(H,16,18). The third-order valence-corrected chi connectivity index (χ3v) is 2.83. The summed E-state index contributed by atoms with van der Waals surface area (Å²) < 4.78 is 4.97. The summed E-state index contributed by atoms with van der Waals surface area (Å²) in [4.78, 5) is 16.1. The van der Waals surface area contributed by atoms with Crippen molar-refractivity contribution in [2.75, 3.05) is 26.0 Å². The van der Waals surface area contributed by atoms with Gasteiger partial charge in [-0.25, -0.2) is 4.98 Å². The average molecular weight is 265 g/mol. The van der Waals surface area contributed by atoms with E-state index in [-0.39, 0.29) is 5.91 Å². The minimum absolute atomic E-state index is 0.0875. The Balaban J connectivity index is 2.39. The number of nitrogens with one attached hydrogen (secondary N) is 1. The third kappa shape index (κ3) is 5.70. The van der Waals surface area contributed by atoms with Gasteiger partial charge in [-0.2, -0.15) is 0 Å². The first-order chi connectivity index (χ1) is 9.17. The van der Waals surface area contributed by atoms with Gasteiger partial charge in [0.25, 0.3) is 5.91 Å². The summed E-state index contributed by atoms with van der Waals surface area (Å²) in [6.07, 6.45) is 3.79. The SMILES string of the molecule is CCc1cc(C(=O)NCCCCCOC)cc(N)n1. The Kier molecular flexibility index (Phi) is 6.89. The van der Waals surface area contributed by atoms with E-state index in [9.17, 15) is 4.79 Å². The number of anilines is 1. The number of amides is 1. The molecule has 0 aliphatic heterocycles. The van der Waals surface area contributed by atoms with Gasteiger partial charge in [-0.15, -0.1) is 0 Å². The van der Waals surface area contributed by atoms with Crippen LogP contribution in [-0.2, 0) is 11.2 Å². The number of hydrogen-bond acceptors (Lipinski definition) is 4. The molecule has 1 aromatic rings. The molecule has 0 atom stereocenters. The molecule has 5 nitrogen and oxygen atoms in total. The van der Waals surface area contributed by atoms with Gasteiger partial charge in [-0.05, 0) is 37.8 Å². The fraction of sp³-hybridized carbons (Fsp3) is 0.571. The number of nitrogens with zero attached hydrogens (tertiary/aromatic N) is 1. The lowest BCUT2D eigenvalue weighted by molar-refractivity contribution is 0.0952. The van der Waals surface area contributed by atoms with Crippen molar-refractivity contribution >= 4 is 11.7 Å². The van der Waals surface area contributed by atoms with E-state index in [0.717, 1.165) is 38.0 Å². The quantitative estimate of drug-likeness (QED) is 0.702. The van der Waals surface area contributed by atoms with Gasteiger partial charge in [-0.3, -0.25) is 4.79 Å². The van der Waals surface area contributed by atoms with Crippen molar-refractivity contribution in [2.24, 2.45) is 0 Å². The highest BCUT2D eigenvalue weighted by Gasteiger charge is 2.07. The summed E-state index contributed by atoms with van der Waals surface area (Å²) in [5, 5.41) is 2.89. The zero-order valence-corrected chi connectivity index (χ0v) is 11.7. The Hall–Kier alpha value is -1.62. The van der Waals surface area contributed by atoms with E-state index in [4.69, 9.17) is 10.5 Å². The summed E-state index contributed by atoms with van der Waals surface area (Å²) in [5.41, 5.74) is 7.10. The molecule has 1 rings (SSSR count). The smallest absolute Gasteiger partial charge is 0.251 e. The van der Waals surface area contributed by atoms with E-state index < -0.39 is 0 Å². The van der Waals surface area contributed by atoms with Crippen LogP contribution >= 0.6 is 0 Å². The van der Waals surface area contributed by atoms with Gasteiger partial charge >= 0.3 is 0 Å². The maximum absolute atomic E-state index is 11.9. The molecule has 106 valence electrons. The van der Waals surface area contributed by atoms with Crippen molar-refractivity contribution in [3.63, 3.8) is 0 Å². The van der Waals surface area contributed by atoms with Gasteiger partial charge in [0.15, 0.2) is 0 Å².